The number of carbonyl (C=O) groups is 2. The summed E-state index contributed by atoms with van der Waals surface area (Å²) >= 11 is 0. The number of hydrogen-bond donors (Lipinski definition) is 2. The molecule has 5 heteroatoms. The number of benzene rings is 1. The Kier molecular flexibility index (Phi) is 6.18. The third kappa shape index (κ3) is 4.35. The van der Waals surface area contributed by atoms with E-state index in [1.165, 1.54) is 0 Å². The lowest BCUT2D eigenvalue weighted by Gasteiger charge is -2.16. The smallest absolute Gasteiger partial charge is 0.303 e. The van der Waals surface area contributed by atoms with Crippen LogP contribution in [-0.4, -0.2) is 36.6 Å². The number of ketones is 1. The SMILES string of the molecule is CCNC(CCC(=O)O)C(=O)c1ccc(OC)c(C)c1. The Morgan fingerprint density at radius 1 is 1.40 bits per heavy atom. The van der Waals surface area contributed by atoms with E-state index in [4.69, 9.17) is 9.84 Å². The van der Waals surface area contributed by atoms with E-state index in [1.807, 2.05) is 13.8 Å². The van der Waals surface area contributed by atoms with Crippen molar-refractivity contribution in [1.82, 2.24) is 5.32 Å². The fraction of sp³-hybridized carbons (Fsp3) is 0.467. The molecular weight excluding hydrogens is 258 g/mol. The highest BCUT2D eigenvalue weighted by Crippen LogP contribution is 2.20. The van der Waals surface area contributed by atoms with Gasteiger partial charge in [0, 0.05) is 12.0 Å². The number of ether oxygens (including phenoxy) is 1. The highest BCUT2D eigenvalue weighted by Gasteiger charge is 2.20. The van der Waals surface area contributed by atoms with Gasteiger partial charge in [0.15, 0.2) is 5.78 Å². The third-order valence-electron chi connectivity index (χ3n) is 3.09. The molecule has 0 aromatic heterocycles. The molecule has 0 fully saturated rings. The van der Waals surface area contributed by atoms with Crippen LogP contribution in [0.5, 0.6) is 5.75 Å². The van der Waals surface area contributed by atoms with Crippen LogP contribution in [0.3, 0.4) is 0 Å². The number of Topliss-reactive ketones (excluding diaryl/α,β-unsaturated/α-hetero) is 1. The second-order valence-electron chi connectivity index (χ2n) is 4.59. The van der Waals surface area contributed by atoms with Gasteiger partial charge in [-0.05, 0) is 43.7 Å². The van der Waals surface area contributed by atoms with Crippen LogP contribution < -0.4 is 10.1 Å². The van der Waals surface area contributed by atoms with E-state index in [0.29, 0.717) is 12.1 Å². The number of aliphatic carboxylic acids is 1. The molecule has 2 N–H and O–H groups in total. The lowest BCUT2D eigenvalue weighted by molar-refractivity contribution is -0.137. The van der Waals surface area contributed by atoms with Crippen LogP contribution in [0.25, 0.3) is 0 Å². The van der Waals surface area contributed by atoms with Gasteiger partial charge in [-0.15, -0.1) is 0 Å². The molecule has 1 aromatic rings. The minimum Gasteiger partial charge on any atom is -0.496 e. The lowest BCUT2D eigenvalue weighted by Crippen LogP contribution is -2.37. The van der Waals surface area contributed by atoms with Crippen molar-refractivity contribution in [3.05, 3.63) is 29.3 Å². The van der Waals surface area contributed by atoms with E-state index < -0.39 is 12.0 Å². The van der Waals surface area contributed by atoms with Crippen LogP contribution in [0.15, 0.2) is 18.2 Å². The van der Waals surface area contributed by atoms with Gasteiger partial charge in [-0.3, -0.25) is 9.59 Å². The topological polar surface area (TPSA) is 75.6 Å². The summed E-state index contributed by atoms with van der Waals surface area (Å²) in [5.74, 6) is -0.252. The molecule has 20 heavy (non-hydrogen) atoms. The van der Waals surface area contributed by atoms with Crippen LogP contribution in [0.1, 0.15) is 35.7 Å². The van der Waals surface area contributed by atoms with Gasteiger partial charge in [-0.2, -0.15) is 0 Å². The van der Waals surface area contributed by atoms with Crippen molar-refractivity contribution in [2.45, 2.75) is 32.7 Å². The van der Waals surface area contributed by atoms with Crippen LogP contribution >= 0.6 is 0 Å². The first-order valence-electron chi connectivity index (χ1n) is 6.63. The van der Waals surface area contributed by atoms with Gasteiger partial charge in [-0.1, -0.05) is 6.92 Å². The van der Waals surface area contributed by atoms with Gasteiger partial charge in [0.1, 0.15) is 5.75 Å². The van der Waals surface area contributed by atoms with E-state index in [9.17, 15) is 9.59 Å². The van der Waals surface area contributed by atoms with Gasteiger partial charge >= 0.3 is 5.97 Å². The Balaban J connectivity index is 2.88. The highest BCUT2D eigenvalue weighted by molar-refractivity contribution is 6.00. The minimum absolute atomic E-state index is 0.0292. The summed E-state index contributed by atoms with van der Waals surface area (Å²) in [6.45, 7) is 4.38. The number of carbonyl (C=O) groups excluding carboxylic acids is 1. The largest absolute Gasteiger partial charge is 0.496 e. The number of carboxylic acid groups (broad SMARTS) is 1. The van der Waals surface area contributed by atoms with Gasteiger partial charge in [0.25, 0.3) is 0 Å². The first-order chi connectivity index (χ1) is 9.49. The molecule has 5 nitrogen and oxygen atoms in total. The summed E-state index contributed by atoms with van der Waals surface area (Å²) in [5, 5.41) is 11.8. The predicted octanol–water partition coefficient (Wildman–Crippen LogP) is 2.03. The fourth-order valence-corrected chi connectivity index (χ4v) is 2.07. The van der Waals surface area contributed by atoms with Crippen LogP contribution in [0, 0.1) is 6.92 Å². The van der Waals surface area contributed by atoms with Crippen molar-refractivity contribution in [3.63, 3.8) is 0 Å². The molecular formula is C15H21NO4. The molecule has 0 saturated heterocycles. The molecule has 0 heterocycles. The Morgan fingerprint density at radius 2 is 2.10 bits per heavy atom. The van der Waals surface area contributed by atoms with Gasteiger partial charge in [-0.25, -0.2) is 0 Å². The molecule has 0 saturated carbocycles. The summed E-state index contributed by atoms with van der Waals surface area (Å²) in [7, 11) is 1.58. The van der Waals surface area contributed by atoms with Gasteiger partial charge in [0.05, 0.1) is 13.2 Å². The van der Waals surface area contributed by atoms with E-state index in [2.05, 4.69) is 5.32 Å². The van der Waals surface area contributed by atoms with E-state index in [-0.39, 0.29) is 18.6 Å². The number of methoxy groups -OCH3 is 1. The van der Waals surface area contributed by atoms with Crippen LogP contribution in [-0.2, 0) is 4.79 Å². The maximum absolute atomic E-state index is 12.4. The quantitative estimate of drug-likeness (QED) is 0.712. The summed E-state index contributed by atoms with van der Waals surface area (Å²) in [4.78, 5) is 23.1. The molecule has 0 bridgehead atoms. The number of rotatable bonds is 8. The van der Waals surface area contributed by atoms with Gasteiger partial charge in [0.2, 0.25) is 0 Å². The monoisotopic (exact) mass is 279 g/mol. The number of nitrogens with one attached hydrogen (secondary N) is 1. The molecule has 0 aliphatic carbocycles. The standard InChI is InChI=1S/C15H21NO4/c1-4-16-12(6-8-14(17)18)15(19)11-5-7-13(20-3)10(2)9-11/h5,7,9,12,16H,4,6,8H2,1-3H3,(H,17,18). The van der Waals surface area contributed by atoms with Crippen molar-refractivity contribution < 1.29 is 19.4 Å². The summed E-state index contributed by atoms with van der Waals surface area (Å²) in [6, 6.07) is 4.76. The summed E-state index contributed by atoms with van der Waals surface area (Å²) in [6.07, 6.45) is 0.256. The van der Waals surface area contributed by atoms with Crippen LogP contribution in [0.2, 0.25) is 0 Å². The second-order valence-corrected chi connectivity index (χ2v) is 4.59. The molecule has 0 amide bonds. The van der Waals surface area contributed by atoms with Crippen molar-refractivity contribution >= 4 is 11.8 Å². The van der Waals surface area contributed by atoms with E-state index in [1.54, 1.807) is 25.3 Å². The molecule has 1 atom stereocenters. The number of carboxylic acids is 1. The molecule has 1 aromatic carbocycles. The zero-order valence-corrected chi connectivity index (χ0v) is 12.1. The van der Waals surface area contributed by atoms with E-state index in [0.717, 1.165) is 11.3 Å². The van der Waals surface area contributed by atoms with E-state index >= 15 is 0 Å². The Bertz CT molecular complexity index is 485. The second kappa shape index (κ2) is 7.65. The molecule has 0 spiro atoms. The molecule has 0 aliphatic heterocycles. The first-order valence-corrected chi connectivity index (χ1v) is 6.63. The number of likely N-dealkylation sites (N-methyl/N-ethyl adjacent to an activating group) is 1. The van der Waals surface area contributed by atoms with Crippen LogP contribution in [0.4, 0.5) is 0 Å². The maximum Gasteiger partial charge on any atom is 0.303 e. The Labute approximate surface area is 118 Å². The Hall–Kier alpha value is -1.88. The lowest BCUT2D eigenvalue weighted by atomic mass is 9.98. The van der Waals surface area contributed by atoms with Crippen molar-refractivity contribution in [2.24, 2.45) is 0 Å². The minimum atomic E-state index is -0.897. The number of hydrogen-bond acceptors (Lipinski definition) is 4. The maximum atomic E-state index is 12.4. The average molecular weight is 279 g/mol. The van der Waals surface area contributed by atoms with Crippen molar-refractivity contribution in [2.75, 3.05) is 13.7 Å². The zero-order valence-electron chi connectivity index (χ0n) is 12.1. The molecule has 110 valence electrons. The summed E-state index contributed by atoms with van der Waals surface area (Å²) < 4.78 is 5.16. The molecule has 1 unspecified atom stereocenters. The normalized spacial score (nSPS) is 11.9. The molecule has 1 rings (SSSR count). The average Bonchev–Trinajstić information content (AvgIpc) is 2.42. The van der Waals surface area contributed by atoms with Gasteiger partial charge < -0.3 is 15.2 Å². The summed E-state index contributed by atoms with van der Waals surface area (Å²) in [5.41, 5.74) is 1.45. The van der Waals surface area contributed by atoms with Crippen molar-refractivity contribution in [3.8, 4) is 5.75 Å². The first kappa shape index (κ1) is 16.2. The third-order valence-corrected chi connectivity index (χ3v) is 3.09. The zero-order chi connectivity index (χ0) is 15.1. The molecule has 0 radical (unpaired) electrons. The fourth-order valence-electron chi connectivity index (χ4n) is 2.07. The Morgan fingerprint density at radius 3 is 2.60 bits per heavy atom. The number of aryl methyl sites for hydroxylation is 1. The van der Waals surface area contributed by atoms with Crippen molar-refractivity contribution in [1.29, 1.82) is 0 Å². The predicted molar refractivity (Wildman–Crippen MR) is 76.4 cm³/mol. The highest BCUT2D eigenvalue weighted by atomic mass is 16.5. The molecule has 0 aliphatic rings.